The molecule has 28 heavy (non-hydrogen) atoms. The highest BCUT2D eigenvalue weighted by molar-refractivity contribution is 6.04. The topological polar surface area (TPSA) is 90.8 Å². The second kappa shape index (κ2) is 8.64. The van der Waals surface area contributed by atoms with Crippen LogP contribution < -0.4 is 10.7 Å². The molecule has 0 aliphatic carbocycles. The molecule has 6 heteroatoms. The molecule has 0 atom stereocenters. The van der Waals surface area contributed by atoms with Gasteiger partial charge in [-0.25, -0.2) is 5.43 Å². The summed E-state index contributed by atoms with van der Waals surface area (Å²) in [5.41, 5.74) is 5.77. The Morgan fingerprint density at radius 3 is 2.29 bits per heavy atom. The van der Waals surface area contributed by atoms with Crippen LogP contribution in [-0.2, 0) is 0 Å². The highest BCUT2D eigenvalue weighted by Crippen LogP contribution is 2.12. The number of aromatic hydroxyl groups is 1. The molecule has 0 fully saturated rings. The number of hydrogen-bond donors (Lipinski definition) is 3. The lowest BCUT2D eigenvalue weighted by Gasteiger charge is -2.07. The first kappa shape index (κ1) is 18.8. The van der Waals surface area contributed by atoms with Crippen molar-refractivity contribution in [3.63, 3.8) is 0 Å². The van der Waals surface area contributed by atoms with Crippen LogP contribution in [0.3, 0.4) is 0 Å². The summed E-state index contributed by atoms with van der Waals surface area (Å²) in [7, 11) is 0. The van der Waals surface area contributed by atoms with E-state index in [1.807, 2.05) is 25.1 Å². The molecule has 3 rings (SSSR count). The van der Waals surface area contributed by atoms with Gasteiger partial charge in [0, 0.05) is 16.8 Å². The van der Waals surface area contributed by atoms with Crippen LogP contribution in [0.4, 0.5) is 5.69 Å². The van der Waals surface area contributed by atoms with Crippen LogP contribution in [0.5, 0.6) is 5.75 Å². The number of nitrogens with one attached hydrogen (secondary N) is 2. The van der Waals surface area contributed by atoms with E-state index in [0.717, 1.165) is 11.1 Å². The maximum atomic E-state index is 12.3. The third-order valence-electron chi connectivity index (χ3n) is 3.96. The summed E-state index contributed by atoms with van der Waals surface area (Å²) in [4.78, 5) is 24.4. The van der Waals surface area contributed by atoms with E-state index in [-0.39, 0.29) is 17.6 Å². The predicted molar refractivity (Wildman–Crippen MR) is 109 cm³/mol. The molecule has 0 aliphatic rings. The molecular formula is C22H19N3O3. The highest BCUT2D eigenvalue weighted by atomic mass is 16.3. The molecule has 0 aliphatic heterocycles. The standard InChI is InChI=1S/C22H19N3O3/c1-15-3-2-4-18(13-15)21(27)24-19-9-7-17(8-10-19)22(28)25-23-14-16-5-11-20(26)12-6-16/h2-14,26H,1H3,(H,24,27)(H,25,28)/b23-14-. The molecule has 0 saturated heterocycles. The molecule has 6 nitrogen and oxygen atoms in total. The number of phenolic OH excluding ortho intramolecular Hbond substituents is 1. The molecular weight excluding hydrogens is 354 g/mol. The number of carbonyl (C=O) groups is 2. The molecule has 3 aromatic rings. The number of carbonyl (C=O) groups excluding carboxylic acids is 2. The zero-order valence-electron chi connectivity index (χ0n) is 15.2. The van der Waals surface area contributed by atoms with Crippen molar-refractivity contribution >= 4 is 23.7 Å². The minimum Gasteiger partial charge on any atom is -0.508 e. The average molecular weight is 373 g/mol. The van der Waals surface area contributed by atoms with Crippen molar-refractivity contribution in [2.45, 2.75) is 6.92 Å². The number of nitrogens with zero attached hydrogens (tertiary/aromatic N) is 1. The smallest absolute Gasteiger partial charge is 0.271 e. The first-order chi connectivity index (χ1) is 13.5. The van der Waals surface area contributed by atoms with Gasteiger partial charge in [-0.3, -0.25) is 9.59 Å². The van der Waals surface area contributed by atoms with Gasteiger partial charge in [0.15, 0.2) is 0 Å². The Morgan fingerprint density at radius 2 is 1.61 bits per heavy atom. The van der Waals surface area contributed by atoms with Crippen LogP contribution in [0, 0.1) is 6.92 Å². The quantitative estimate of drug-likeness (QED) is 0.470. The number of aryl methyl sites for hydroxylation is 1. The van der Waals surface area contributed by atoms with Gasteiger partial charge >= 0.3 is 0 Å². The lowest BCUT2D eigenvalue weighted by molar-refractivity contribution is 0.0954. The van der Waals surface area contributed by atoms with E-state index in [4.69, 9.17) is 0 Å². The van der Waals surface area contributed by atoms with Crippen molar-refractivity contribution in [1.82, 2.24) is 5.43 Å². The van der Waals surface area contributed by atoms with Crippen molar-refractivity contribution in [2.75, 3.05) is 5.32 Å². The third kappa shape index (κ3) is 5.04. The van der Waals surface area contributed by atoms with E-state index in [9.17, 15) is 14.7 Å². The molecule has 2 amide bonds. The molecule has 140 valence electrons. The second-order valence-electron chi connectivity index (χ2n) is 6.19. The van der Waals surface area contributed by atoms with Crippen LogP contribution >= 0.6 is 0 Å². The molecule has 0 spiro atoms. The zero-order chi connectivity index (χ0) is 19.9. The summed E-state index contributed by atoms with van der Waals surface area (Å²) >= 11 is 0. The van der Waals surface area contributed by atoms with E-state index in [1.54, 1.807) is 42.5 Å². The summed E-state index contributed by atoms with van der Waals surface area (Å²) in [6.07, 6.45) is 1.48. The molecule has 3 N–H and O–H groups in total. The maximum Gasteiger partial charge on any atom is 0.271 e. The van der Waals surface area contributed by atoms with Crippen LogP contribution in [0.15, 0.2) is 77.9 Å². The Kier molecular flexibility index (Phi) is 5.81. The van der Waals surface area contributed by atoms with Gasteiger partial charge in [0.25, 0.3) is 11.8 Å². The van der Waals surface area contributed by atoms with Crippen molar-refractivity contribution in [2.24, 2.45) is 5.10 Å². The Balaban J connectivity index is 1.58. The molecule has 0 saturated carbocycles. The van der Waals surface area contributed by atoms with Crippen molar-refractivity contribution in [1.29, 1.82) is 0 Å². The molecule has 0 bridgehead atoms. The monoisotopic (exact) mass is 373 g/mol. The van der Waals surface area contributed by atoms with E-state index >= 15 is 0 Å². The minimum absolute atomic E-state index is 0.163. The summed E-state index contributed by atoms with van der Waals surface area (Å²) in [5.74, 6) is -0.415. The normalized spacial score (nSPS) is 10.6. The van der Waals surface area contributed by atoms with Gasteiger partial charge in [-0.05, 0) is 73.2 Å². The Hall–Kier alpha value is -3.93. The molecule has 0 aromatic heterocycles. The largest absolute Gasteiger partial charge is 0.508 e. The van der Waals surface area contributed by atoms with Gasteiger partial charge in [0.05, 0.1) is 6.21 Å². The summed E-state index contributed by atoms with van der Waals surface area (Å²) < 4.78 is 0. The first-order valence-electron chi connectivity index (χ1n) is 8.62. The number of phenols is 1. The zero-order valence-corrected chi connectivity index (χ0v) is 15.2. The second-order valence-corrected chi connectivity index (χ2v) is 6.19. The van der Waals surface area contributed by atoms with Gasteiger partial charge in [-0.2, -0.15) is 5.10 Å². The number of hydrogen-bond acceptors (Lipinski definition) is 4. The number of amides is 2. The number of rotatable bonds is 5. The van der Waals surface area contributed by atoms with Crippen LogP contribution in [0.2, 0.25) is 0 Å². The van der Waals surface area contributed by atoms with E-state index in [2.05, 4.69) is 15.8 Å². The molecule has 0 radical (unpaired) electrons. The predicted octanol–water partition coefficient (Wildman–Crippen LogP) is 3.72. The lowest BCUT2D eigenvalue weighted by atomic mass is 10.1. The maximum absolute atomic E-state index is 12.3. The van der Waals surface area contributed by atoms with Gasteiger partial charge in [-0.1, -0.05) is 17.7 Å². The van der Waals surface area contributed by atoms with Crippen LogP contribution in [0.1, 0.15) is 31.8 Å². The van der Waals surface area contributed by atoms with Gasteiger partial charge in [-0.15, -0.1) is 0 Å². The third-order valence-corrected chi connectivity index (χ3v) is 3.96. The molecule has 3 aromatic carbocycles. The summed E-state index contributed by atoms with van der Waals surface area (Å²) in [6.45, 7) is 1.92. The van der Waals surface area contributed by atoms with Crippen LogP contribution in [0.25, 0.3) is 0 Å². The summed E-state index contributed by atoms with van der Waals surface area (Å²) in [5, 5.41) is 15.9. The van der Waals surface area contributed by atoms with Gasteiger partial charge in [0.1, 0.15) is 5.75 Å². The van der Waals surface area contributed by atoms with Crippen molar-refractivity contribution in [3.8, 4) is 5.75 Å². The van der Waals surface area contributed by atoms with E-state index < -0.39 is 0 Å². The van der Waals surface area contributed by atoms with Crippen molar-refractivity contribution in [3.05, 3.63) is 95.1 Å². The Morgan fingerprint density at radius 1 is 0.893 bits per heavy atom. The first-order valence-corrected chi connectivity index (χ1v) is 8.62. The molecule has 0 heterocycles. The van der Waals surface area contributed by atoms with E-state index in [1.165, 1.54) is 18.3 Å². The SMILES string of the molecule is Cc1cccc(C(=O)Nc2ccc(C(=O)N/N=C\c3ccc(O)cc3)cc2)c1. The minimum atomic E-state index is -0.369. The fourth-order valence-electron chi connectivity index (χ4n) is 2.48. The lowest BCUT2D eigenvalue weighted by Crippen LogP contribution is -2.17. The number of hydrazone groups is 1. The van der Waals surface area contributed by atoms with Gasteiger partial charge < -0.3 is 10.4 Å². The Bertz CT molecular complexity index is 1010. The number of anilines is 1. The fraction of sp³-hybridized carbons (Fsp3) is 0.0455. The fourth-order valence-corrected chi connectivity index (χ4v) is 2.48. The van der Waals surface area contributed by atoms with Crippen LogP contribution in [-0.4, -0.2) is 23.1 Å². The highest BCUT2D eigenvalue weighted by Gasteiger charge is 2.08. The molecule has 0 unspecified atom stereocenters. The van der Waals surface area contributed by atoms with E-state index in [0.29, 0.717) is 16.8 Å². The Labute approximate surface area is 162 Å². The van der Waals surface area contributed by atoms with Gasteiger partial charge in [0.2, 0.25) is 0 Å². The summed E-state index contributed by atoms with van der Waals surface area (Å²) in [6, 6.07) is 20.3. The van der Waals surface area contributed by atoms with Crippen molar-refractivity contribution < 1.29 is 14.7 Å². The average Bonchev–Trinajstić information content (AvgIpc) is 2.70. The number of benzene rings is 3.